The predicted molar refractivity (Wildman–Crippen MR) is 79.7 cm³/mol. The van der Waals surface area contributed by atoms with Gasteiger partial charge >= 0.3 is 0 Å². The van der Waals surface area contributed by atoms with Crippen molar-refractivity contribution >= 4 is 5.91 Å². The number of nitrogens with zero attached hydrogens (tertiary/aromatic N) is 1. The van der Waals surface area contributed by atoms with Crippen LogP contribution in [0.25, 0.3) is 0 Å². The van der Waals surface area contributed by atoms with E-state index in [0.29, 0.717) is 12.3 Å². The van der Waals surface area contributed by atoms with Gasteiger partial charge in [0.1, 0.15) is 5.75 Å². The van der Waals surface area contributed by atoms with Crippen LogP contribution in [-0.4, -0.2) is 36.6 Å². The number of carbonyl (C=O) groups excluding carboxylic acids is 1. The summed E-state index contributed by atoms with van der Waals surface area (Å²) in [7, 11) is 3.33. The van der Waals surface area contributed by atoms with Gasteiger partial charge in [-0.05, 0) is 30.5 Å². The van der Waals surface area contributed by atoms with Crippen molar-refractivity contribution in [3.63, 3.8) is 0 Å². The van der Waals surface area contributed by atoms with Gasteiger partial charge in [0, 0.05) is 13.0 Å². The molecule has 0 bridgehead atoms. The fourth-order valence-corrected chi connectivity index (χ4v) is 2.25. The zero-order valence-electron chi connectivity index (χ0n) is 12.8. The molecule has 4 heteroatoms. The number of likely N-dealkylation sites (N-methyl/N-ethyl adjacent to an activating group) is 1. The predicted octanol–water partition coefficient (Wildman–Crippen LogP) is 2.62. The maximum atomic E-state index is 12.2. The van der Waals surface area contributed by atoms with Gasteiger partial charge in [0.05, 0.1) is 19.8 Å². The number of ether oxygens (including phenoxy) is 1. The molecule has 1 aromatic rings. The van der Waals surface area contributed by atoms with Gasteiger partial charge in [0.25, 0.3) is 0 Å². The highest BCUT2D eigenvalue weighted by molar-refractivity contribution is 5.78. The van der Waals surface area contributed by atoms with E-state index in [2.05, 4.69) is 0 Å². The van der Waals surface area contributed by atoms with Crippen molar-refractivity contribution in [3.05, 3.63) is 29.8 Å². The standard InChI is InChI=1S/C16H25NO3/c1-5-12(6-2)16(19)17(3)11-15(18)13-8-7-9-14(10-13)20-4/h7-10,12,15,18H,5-6,11H2,1-4H3. The lowest BCUT2D eigenvalue weighted by Gasteiger charge is -2.25. The SMILES string of the molecule is CCC(CC)C(=O)N(C)CC(O)c1cccc(OC)c1. The molecule has 0 fully saturated rings. The van der Waals surface area contributed by atoms with Crippen molar-refractivity contribution in [3.8, 4) is 5.75 Å². The average molecular weight is 279 g/mol. The van der Waals surface area contributed by atoms with Crippen LogP contribution in [-0.2, 0) is 4.79 Å². The van der Waals surface area contributed by atoms with Crippen molar-refractivity contribution in [2.45, 2.75) is 32.8 Å². The Morgan fingerprint density at radius 2 is 2.00 bits per heavy atom. The maximum absolute atomic E-state index is 12.2. The number of benzene rings is 1. The fraction of sp³-hybridized carbons (Fsp3) is 0.562. The second kappa shape index (κ2) is 7.90. The molecule has 0 aromatic heterocycles. The highest BCUT2D eigenvalue weighted by atomic mass is 16.5. The van der Waals surface area contributed by atoms with Crippen molar-refractivity contribution < 1.29 is 14.6 Å². The van der Waals surface area contributed by atoms with Crippen LogP contribution in [0.5, 0.6) is 5.75 Å². The summed E-state index contributed by atoms with van der Waals surface area (Å²) >= 11 is 0. The first-order valence-electron chi connectivity index (χ1n) is 7.10. The van der Waals surface area contributed by atoms with Crippen molar-refractivity contribution in [2.75, 3.05) is 20.7 Å². The molecule has 20 heavy (non-hydrogen) atoms. The average Bonchev–Trinajstić information content (AvgIpc) is 2.48. The van der Waals surface area contributed by atoms with Crippen LogP contribution >= 0.6 is 0 Å². The Hall–Kier alpha value is -1.55. The third-order valence-electron chi connectivity index (χ3n) is 3.64. The van der Waals surface area contributed by atoms with Gasteiger partial charge in [0.15, 0.2) is 0 Å². The number of carbonyl (C=O) groups is 1. The third kappa shape index (κ3) is 4.23. The number of methoxy groups -OCH3 is 1. The van der Waals surface area contributed by atoms with E-state index in [0.717, 1.165) is 18.4 Å². The highest BCUT2D eigenvalue weighted by Crippen LogP contribution is 2.20. The van der Waals surface area contributed by atoms with Gasteiger partial charge in [-0.25, -0.2) is 0 Å². The number of amides is 1. The minimum absolute atomic E-state index is 0.0394. The molecular weight excluding hydrogens is 254 g/mol. The lowest BCUT2D eigenvalue weighted by Crippen LogP contribution is -2.35. The van der Waals surface area contributed by atoms with E-state index in [1.807, 2.05) is 32.0 Å². The normalized spacial score (nSPS) is 12.3. The molecule has 0 heterocycles. The lowest BCUT2D eigenvalue weighted by molar-refractivity contribution is -0.135. The van der Waals surface area contributed by atoms with Crippen LogP contribution in [0.3, 0.4) is 0 Å². The van der Waals surface area contributed by atoms with Crippen molar-refractivity contribution in [2.24, 2.45) is 5.92 Å². The Bertz CT molecular complexity index is 429. The summed E-state index contributed by atoms with van der Waals surface area (Å²) in [4.78, 5) is 13.8. The lowest BCUT2D eigenvalue weighted by atomic mass is 10.0. The van der Waals surface area contributed by atoms with E-state index in [1.165, 1.54) is 0 Å². The quantitative estimate of drug-likeness (QED) is 0.834. The molecule has 1 rings (SSSR count). The Kier molecular flexibility index (Phi) is 6.52. The fourth-order valence-electron chi connectivity index (χ4n) is 2.25. The van der Waals surface area contributed by atoms with Gasteiger partial charge in [-0.15, -0.1) is 0 Å². The summed E-state index contributed by atoms with van der Waals surface area (Å²) in [6, 6.07) is 7.29. The second-order valence-corrected chi connectivity index (χ2v) is 5.02. The minimum atomic E-state index is -0.701. The molecule has 0 saturated carbocycles. The molecule has 1 amide bonds. The Morgan fingerprint density at radius 1 is 1.35 bits per heavy atom. The van der Waals surface area contributed by atoms with E-state index in [9.17, 15) is 9.90 Å². The summed E-state index contributed by atoms with van der Waals surface area (Å²) in [6.07, 6.45) is 0.956. The van der Waals surface area contributed by atoms with E-state index >= 15 is 0 Å². The van der Waals surface area contributed by atoms with Crippen LogP contribution in [0.2, 0.25) is 0 Å². The number of aliphatic hydroxyl groups excluding tert-OH is 1. The molecule has 0 aliphatic rings. The van der Waals surface area contributed by atoms with Gasteiger partial charge < -0.3 is 14.7 Å². The largest absolute Gasteiger partial charge is 0.497 e. The number of rotatable bonds is 7. The molecule has 1 unspecified atom stereocenters. The van der Waals surface area contributed by atoms with Crippen LogP contribution in [0, 0.1) is 5.92 Å². The van der Waals surface area contributed by atoms with E-state index in [4.69, 9.17) is 4.74 Å². The minimum Gasteiger partial charge on any atom is -0.497 e. The molecular formula is C16H25NO3. The number of aliphatic hydroxyl groups is 1. The molecule has 1 aromatic carbocycles. The van der Waals surface area contributed by atoms with Crippen LogP contribution < -0.4 is 4.74 Å². The molecule has 112 valence electrons. The van der Waals surface area contributed by atoms with Crippen molar-refractivity contribution in [1.82, 2.24) is 4.90 Å². The Morgan fingerprint density at radius 3 is 2.55 bits per heavy atom. The zero-order chi connectivity index (χ0) is 15.1. The van der Waals surface area contributed by atoms with Gasteiger partial charge in [0.2, 0.25) is 5.91 Å². The highest BCUT2D eigenvalue weighted by Gasteiger charge is 2.21. The van der Waals surface area contributed by atoms with E-state index < -0.39 is 6.10 Å². The molecule has 0 spiro atoms. The first kappa shape index (κ1) is 16.5. The van der Waals surface area contributed by atoms with Gasteiger partial charge in [-0.1, -0.05) is 26.0 Å². The Balaban J connectivity index is 2.69. The van der Waals surface area contributed by atoms with Gasteiger partial charge in [-0.3, -0.25) is 4.79 Å². The summed E-state index contributed by atoms with van der Waals surface area (Å²) < 4.78 is 5.14. The first-order chi connectivity index (χ1) is 9.53. The zero-order valence-corrected chi connectivity index (χ0v) is 12.8. The summed E-state index contributed by atoms with van der Waals surface area (Å²) in [5.41, 5.74) is 0.758. The van der Waals surface area contributed by atoms with E-state index in [1.54, 1.807) is 25.1 Å². The monoisotopic (exact) mass is 279 g/mol. The summed E-state index contributed by atoms with van der Waals surface area (Å²) in [5.74, 6) is 0.838. The third-order valence-corrected chi connectivity index (χ3v) is 3.64. The molecule has 1 N–H and O–H groups in total. The van der Waals surface area contributed by atoms with Crippen LogP contribution in [0.15, 0.2) is 24.3 Å². The summed E-state index contributed by atoms with van der Waals surface area (Å²) in [5, 5.41) is 10.2. The summed E-state index contributed by atoms with van der Waals surface area (Å²) in [6.45, 7) is 4.32. The molecule has 1 atom stereocenters. The number of hydrogen-bond acceptors (Lipinski definition) is 3. The van der Waals surface area contributed by atoms with Crippen molar-refractivity contribution in [1.29, 1.82) is 0 Å². The topological polar surface area (TPSA) is 49.8 Å². The molecule has 0 aliphatic carbocycles. The Labute approximate surface area is 121 Å². The molecule has 0 aliphatic heterocycles. The first-order valence-corrected chi connectivity index (χ1v) is 7.10. The molecule has 4 nitrogen and oxygen atoms in total. The molecule has 0 saturated heterocycles. The second-order valence-electron chi connectivity index (χ2n) is 5.02. The number of hydrogen-bond donors (Lipinski definition) is 1. The maximum Gasteiger partial charge on any atom is 0.225 e. The smallest absolute Gasteiger partial charge is 0.225 e. The molecule has 0 radical (unpaired) electrons. The van der Waals surface area contributed by atoms with Crippen LogP contribution in [0.4, 0.5) is 0 Å². The van der Waals surface area contributed by atoms with Crippen LogP contribution in [0.1, 0.15) is 38.4 Å². The van der Waals surface area contributed by atoms with Gasteiger partial charge in [-0.2, -0.15) is 0 Å². The van der Waals surface area contributed by atoms with E-state index in [-0.39, 0.29) is 11.8 Å².